The van der Waals surface area contributed by atoms with Crippen LogP contribution < -0.4 is 0 Å². The van der Waals surface area contributed by atoms with Gasteiger partial charge >= 0.3 is 0 Å². The lowest BCUT2D eigenvalue weighted by Gasteiger charge is -2.43. The normalized spacial score (nSPS) is 27.7. The number of benzene rings is 1. The second-order valence-electron chi connectivity index (χ2n) is 5.13. The standard InChI is InChI=1S/C15H19NO2/c17-15(12-6-2-1-3-7-12)16-10-11-18-14-9-5-4-8-13(14)16/h1-3,6-7,13-14H,4-5,8-11H2. The summed E-state index contributed by atoms with van der Waals surface area (Å²) in [6.07, 6.45) is 4.89. The van der Waals surface area contributed by atoms with Crippen LogP contribution in [0.5, 0.6) is 0 Å². The Balaban J connectivity index is 1.80. The predicted octanol–water partition coefficient (Wildman–Crippen LogP) is 2.47. The van der Waals surface area contributed by atoms with Gasteiger partial charge in [0.2, 0.25) is 0 Å². The number of morpholine rings is 1. The lowest BCUT2D eigenvalue weighted by Crippen LogP contribution is -2.54. The van der Waals surface area contributed by atoms with Crippen molar-refractivity contribution in [2.75, 3.05) is 13.2 Å². The summed E-state index contributed by atoms with van der Waals surface area (Å²) in [5.74, 6) is 0.163. The van der Waals surface area contributed by atoms with Gasteiger partial charge in [0.1, 0.15) is 0 Å². The highest BCUT2D eigenvalue weighted by molar-refractivity contribution is 5.94. The van der Waals surface area contributed by atoms with Gasteiger partial charge in [0.15, 0.2) is 0 Å². The fourth-order valence-electron chi connectivity index (χ4n) is 3.10. The molecule has 0 N–H and O–H groups in total. The second-order valence-corrected chi connectivity index (χ2v) is 5.13. The van der Waals surface area contributed by atoms with Crippen molar-refractivity contribution in [3.8, 4) is 0 Å². The number of ether oxygens (including phenoxy) is 1. The van der Waals surface area contributed by atoms with Gasteiger partial charge in [0.25, 0.3) is 5.91 Å². The first-order valence-electron chi connectivity index (χ1n) is 6.84. The first-order chi connectivity index (χ1) is 8.86. The van der Waals surface area contributed by atoms with Crippen molar-refractivity contribution in [1.82, 2.24) is 4.90 Å². The number of fused-ring (bicyclic) bond motifs is 1. The van der Waals surface area contributed by atoms with Gasteiger partial charge in [-0.2, -0.15) is 0 Å². The van der Waals surface area contributed by atoms with E-state index in [4.69, 9.17) is 4.74 Å². The van der Waals surface area contributed by atoms with E-state index in [-0.39, 0.29) is 12.0 Å². The minimum atomic E-state index is 0.163. The molecule has 0 bridgehead atoms. The highest BCUT2D eigenvalue weighted by atomic mass is 16.5. The monoisotopic (exact) mass is 245 g/mol. The SMILES string of the molecule is O=C(c1ccccc1)N1CCOC2CCCCC21. The first-order valence-corrected chi connectivity index (χ1v) is 6.84. The summed E-state index contributed by atoms with van der Waals surface area (Å²) >= 11 is 0. The molecule has 1 aromatic rings. The molecule has 3 heteroatoms. The number of carbonyl (C=O) groups excluding carboxylic acids is 1. The third-order valence-electron chi connectivity index (χ3n) is 4.01. The number of rotatable bonds is 1. The smallest absolute Gasteiger partial charge is 0.254 e. The van der Waals surface area contributed by atoms with Gasteiger partial charge in [-0.3, -0.25) is 4.79 Å². The molecule has 1 heterocycles. The zero-order valence-corrected chi connectivity index (χ0v) is 10.5. The zero-order valence-electron chi connectivity index (χ0n) is 10.5. The maximum absolute atomic E-state index is 12.5. The van der Waals surface area contributed by atoms with Crippen molar-refractivity contribution >= 4 is 5.91 Å². The minimum Gasteiger partial charge on any atom is -0.374 e. The summed E-state index contributed by atoms with van der Waals surface area (Å²) in [5, 5.41) is 0. The second kappa shape index (κ2) is 5.11. The van der Waals surface area contributed by atoms with Crippen LogP contribution in [0.4, 0.5) is 0 Å². The summed E-state index contributed by atoms with van der Waals surface area (Å²) in [4.78, 5) is 14.6. The minimum absolute atomic E-state index is 0.163. The van der Waals surface area contributed by atoms with Gasteiger partial charge in [-0.1, -0.05) is 31.0 Å². The molecule has 1 aliphatic carbocycles. The molecule has 0 spiro atoms. The van der Waals surface area contributed by atoms with Crippen molar-refractivity contribution < 1.29 is 9.53 Å². The van der Waals surface area contributed by atoms with Crippen LogP contribution in [0.1, 0.15) is 36.0 Å². The molecule has 0 aromatic heterocycles. The summed E-state index contributed by atoms with van der Waals surface area (Å²) in [5.41, 5.74) is 0.795. The Labute approximate surface area is 108 Å². The van der Waals surface area contributed by atoms with E-state index in [1.165, 1.54) is 12.8 Å². The third kappa shape index (κ3) is 2.15. The Morgan fingerprint density at radius 2 is 1.94 bits per heavy atom. The van der Waals surface area contributed by atoms with Crippen LogP contribution in [0.2, 0.25) is 0 Å². The molecule has 2 unspecified atom stereocenters. The van der Waals surface area contributed by atoms with Crippen LogP contribution in [-0.4, -0.2) is 36.1 Å². The van der Waals surface area contributed by atoms with Gasteiger partial charge in [-0.15, -0.1) is 0 Å². The molecular formula is C15H19NO2. The van der Waals surface area contributed by atoms with Gasteiger partial charge < -0.3 is 9.64 Å². The number of hydrogen-bond donors (Lipinski definition) is 0. The van der Waals surface area contributed by atoms with Crippen LogP contribution in [0.25, 0.3) is 0 Å². The highest BCUT2D eigenvalue weighted by Crippen LogP contribution is 2.29. The molecule has 1 amide bonds. The molecule has 3 nitrogen and oxygen atoms in total. The van der Waals surface area contributed by atoms with Crippen LogP contribution in [0.15, 0.2) is 30.3 Å². The highest BCUT2D eigenvalue weighted by Gasteiger charge is 2.36. The summed E-state index contributed by atoms with van der Waals surface area (Å²) in [6.45, 7) is 1.41. The van der Waals surface area contributed by atoms with Crippen molar-refractivity contribution in [1.29, 1.82) is 0 Å². The van der Waals surface area contributed by atoms with E-state index >= 15 is 0 Å². The quantitative estimate of drug-likeness (QED) is 0.760. The third-order valence-corrected chi connectivity index (χ3v) is 4.01. The van der Waals surface area contributed by atoms with Crippen molar-refractivity contribution in [2.45, 2.75) is 37.8 Å². The Morgan fingerprint density at radius 3 is 2.78 bits per heavy atom. The van der Waals surface area contributed by atoms with Crippen LogP contribution in [0, 0.1) is 0 Å². The molecule has 2 atom stereocenters. The zero-order chi connectivity index (χ0) is 12.4. The van der Waals surface area contributed by atoms with E-state index < -0.39 is 0 Å². The average Bonchev–Trinajstić information content (AvgIpc) is 2.47. The Hall–Kier alpha value is -1.35. The molecule has 1 aromatic carbocycles. The largest absolute Gasteiger partial charge is 0.374 e. The van der Waals surface area contributed by atoms with Crippen LogP contribution in [-0.2, 0) is 4.74 Å². The molecule has 1 aliphatic heterocycles. The molecule has 0 radical (unpaired) electrons. The Bertz CT molecular complexity index is 416. The maximum Gasteiger partial charge on any atom is 0.254 e. The maximum atomic E-state index is 12.5. The number of amides is 1. The van der Waals surface area contributed by atoms with Crippen molar-refractivity contribution in [2.24, 2.45) is 0 Å². The lowest BCUT2D eigenvalue weighted by atomic mass is 9.89. The lowest BCUT2D eigenvalue weighted by molar-refractivity contribution is -0.0752. The molecule has 1 saturated heterocycles. The fourth-order valence-corrected chi connectivity index (χ4v) is 3.10. The van der Waals surface area contributed by atoms with Crippen molar-refractivity contribution in [3.05, 3.63) is 35.9 Å². The molecule has 3 rings (SSSR count). The summed E-state index contributed by atoms with van der Waals surface area (Å²) < 4.78 is 5.80. The molecule has 2 fully saturated rings. The molecule has 2 aliphatic rings. The fraction of sp³-hybridized carbons (Fsp3) is 0.533. The molecular weight excluding hydrogens is 226 g/mol. The molecule has 18 heavy (non-hydrogen) atoms. The van der Waals surface area contributed by atoms with E-state index in [1.807, 2.05) is 35.2 Å². The number of hydrogen-bond acceptors (Lipinski definition) is 2. The first kappa shape index (κ1) is 11.7. The Morgan fingerprint density at radius 1 is 1.17 bits per heavy atom. The van der Waals surface area contributed by atoms with Gasteiger partial charge in [0.05, 0.1) is 18.8 Å². The molecule has 96 valence electrons. The predicted molar refractivity (Wildman–Crippen MR) is 69.5 cm³/mol. The average molecular weight is 245 g/mol. The van der Waals surface area contributed by atoms with E-state index in [0.29, 0.717) is 12.6 Å². The molecule has 1 saturated carbocycles. The van der Waals surface area contributed by atoms with Crippen LogP contribution in [0.3, 0.4) is 0 Å². The number of carbonyl (C=O) groups is 1. The number of nitrogens with zero attached hydrogens (tertiary/aromatic N) is 1. The Kier molecular flexibility index (Phi) is 3.33. The topological polar surface area (TPSA) is 29.5 Å². The van der Waals surface area contributed by atoms with Gasteiger partial charge in [0, 0.05) is 12.1 Å². The van der Waals surface area contributed by atoms with E-state index in [2.05, 4.69) is 0 Å². The summed E-state index contributed by atoms with van der Waals surface area (Å²) in [7, 11) is 0. The van der Waals surface area contributed by atoms with E-state index in [0.717, 1.165) is 24.9 Å². The van der Waals surface area contributed by atoms with Crippen LogP contribution >= 0.6 is 0 Å². The van der Waals surface area contributed by atoms with Crippen molar-refractivity contribution in [3.63, 3.8) is 0 Å². The summed E-state index contributed by atoms with van der Waals surface area (Å²) in [6, 6.07) is 9.88. The van der Waals surface area contributed by atoms with Gasteiger partial charge in [-0.05, 0) is 25.0 Å². The van der Waals surface area contributed by atoms with Gasteiger partial charge in [-0.25, -0.2) is 0 Å². The van der Waals surface area contributed by atoms with E-state index in [9.17, 15) is 4.79 Å². The van der Waals surface area contributed by atoms with E-state index in [1.54, 1.807) is 0 Å².